The summed E-state index contributed by atoms with van der Waals surface area (Å²) in [7, 11) is 0. The first-order chi connectivity index (χ1) is 13.1. The molecule has 1 amide bonds. The number of amides is 1. The number of hydrogen-bond donors (Lipinski definition) is 2. The second kappa shape index (κ2) is 7.03. The van der Waals surface area contributed by atoms with E-state index in [-0.39, 0.29) is 11.7 Å². The van der Waals surface area contributed by atoms with E-state index in [4.69, 9.17) is 0 Å². The van der Waals surface area contributed by atoms with Gasteiger partial charge in [0.25, 0.3) is 0 Å². The van der Waals surface area contributed by atoms with Crippen molar-refractivity contribution in [1.29, 1.82) is 0 Å². The predicted octanol–water partition coefficient (Wildman–Crippen LogP) is 4.06. The Morgan fingerprint density at radius 2 is 2.00 bits per heavy atom. The van der Waals surface area contributed by atoms with E-state index in [0.717, 1.165) is 33.6 Å². The van der Waals surface area contributed by atoms with Crippen molar-refractivity contribution in [2.24, 2.45) is 0 Å². The molecule has 2 heterocycles. The quantitative estimate of drug-likeness (QED) is 0.676. The van der Waals surface area contributed by atoms with Crippen molar-refractivity contribution >= 4 is 23.1 Å². The molecule has 0 fully saturated rings. The average molecular weight is 357 g/mol. The third-order valence-corrected chi connectivity index (χ3v) is 4.63. The summed E-state index contributed by atoms with van der Waals surface area (Å²) in [6.07, 6.45) is 4.01. The van der Waals surface area contributed by atoms with E-state index in [0.29, 0.717) is 18.5 Å². The Morgan fingerprint density at radius 3 is 2.85 bits per heavy atom. The van der Waals surface area contributed by atoms with Crippen LogP contribution in [0.2, 0.25) is 0 Å². The minimum Gasteiger partial charge on any atom is -0.380 e. The molecule has 1 aromatic heterocycles. The van der Waals surface area contributed by atoms with Gasteiger partial charge in [0.05, 0.1) is 12.1 Å². The van der Waals surface area contributed by atoms with Crippen LogP contribution in [0.3, 0.4) is 0 Å². The molecule has 5 nitrogen and oxygen atoms in total. The molecule has 1 aliphatic heterocycles. The van der Waals surface area contributed by atoms with E-state index >= 15 is 0 Å². The van der Waals surface area contributed by atoms with Gasteiger partial charge in [-0.1, -0.05) is 24.3 Å². The van der Waals surface area contributed by atoms with Crippen molar-refractivity contribution in [3.8, 4) is 11.1 Å². The van der Waals surface area contributed by atoms with Crippen molar-refractivity contribution < 1.29 is 9.59 Å². The Morgan fingerprint density at radius 1 is 1.11 bits per heavy atom. The third kappa shape index (κ3) is 3.72. The first-order valence-electron chi connectivity index (χ1n) is 8.80. The number of carbonyl (C=O) groups is 2. The molecule has 0 saturated carbocycles. The number of carbonyl (C=O) groups excluding carboxylic acids is 2. The van der Waals surface area contributed by atoms with Gasteiger partial charge in [-0.15, -0.1) is 0 Å². The predicted molar refractivity (Wildman–Crippen MR) is 106 cm³/mol. The minimum atomic E-state index is 0.0310. The molecule has 0 radical (unpaired) electrons. The number of benzene rings is 2. The van der Waals surface area contributed by atoms with Crippen molar-refractivity contribution in [3.63, 3.8) is 0 Å². The maximum atomic E-state index is 11.5. The van der Waals surface area contributed by atoms with Crippen LogP contribution in [0.4, 0.5) is 11.4 Å². The number of pyridine rings is 1. The molecule has 0 spiro atoms. The summed E-state index contributed by atoms with van der Waals surface area (Å²) in [5.41, 5.74) is 6.56. The molecule has 0 bridgehead atoms. The lowest BCUT2D eigenvalue weighted by Crippen LogP contribution is -2.03. The molecule has 2 N–H and O–H groups in total. The maximum absolute atomic E-state index is 11.5. The highest BCUT2D eigenvalue weighted by atomic mass is 16.1. The second-order valence-corrected chi connectivity index (χ2v) is 6.67. The highest BCUT2D eigenvalue weighted by Crippen LogP contribution is 2.29. The van der Waals surface area contributed by atoms with Gasteiger partial charge in [-0.25, -0.2) is 0 Å². The maximum Gasteiger partial charge on any atom is 0.228 e. The molecular formula is C22H19N3O2. The van der Waals surface area contributed by atoms with Crippen LogP contribution in [0.25, 0.3) is 11.1 Å². The minimum absolute atomic E-state index is 0.0310. The average Bonchev–Trinajstić information content (AvgIpc) is 3.06. The number of Topliss-reactive ketones (excluding diaryl/α,β-unsaturated/α-hetero) is 1. The van der Waals surface area contributed by atoms with Gasteiger partial charge in [-0.2, -0.15) is 0 Å². The van der Waals surface area contributed by atoms with Gasteiger partial charge in [0.1, 0.15) is 0 Å². The highest BCUT2D eigenvalue weighted by Gasteiger charge is 2.17. The number of fused-ring (bicyclic) bond motifs is 1. The van der Waals surface area contributed by atoms with Crippen molar-refractivity contribution in [2.75, 3.05) is 10.6 Å². The summed E-state index contributed by atoms with van der Waals surface area (Å²) < 4.78 is 0. The molecule has 3 aromatic rings. The summed E-state index contributed by atoms with van der Waals surface area (Å²) in [5.74, 6) is 0.0913. The lowest BCUT2D eigenvalue weighted by molar-refractivity contribution is -0.115. The monoisotopic (exact) mass is 357 g/mol. The number of rotatable bonds is 5. The molecule has 134 valence electrons. The van der Waals surface area contributed by atoms with Crippen LogP contribution in [0.15, 0.2) is 60.9 Å². The van der Waals surface area contributed by atoms with Gasteiger partial charge < -0.3 is 10.6 Å². The Labute approximate surface area is 157 Å². The Hall–Kier alpha value is -3.47. The van der Waals surface area contributed by atoms with E-state index in [1.807, 2.05) is 54.7 Å². The molecule has 0 saturated heterocycles. The molecule has 4 rings (SSSR count). The number of nitrogens with one attached hydrogen (secondary N) is 2. The van der Waals surface area contributed by atoms with Crippen molar-refractivity contribution in [2.45, 2.75) is 19.9 Å². The van der Waals surface area contributed by atoms with Gasteiger partial charge >= 0.3 is 0 Å². The standard InChI is InChI=1S/C22H19N3O2/c1-14(26)16-4-2-3-15(7-16)11-24-20-9-19(12-23-13-20)17-5-6-21-18(8-17)10-22(27)25-21/h2-9,12-13,24H,10-11H2,1H3,(H,25,27). The fraction of sp³-hybridized carbons (Fsp3) is 0.136. The third-order valence-electron chi connectivity index (χ3n) is 4.63. The van der Waals surface area contributed by atoms with Crippen LogP contribution < -0.4 is 10.6 Å². The van der Waals surface area contributed by atoms with Crippen LogP contribution in [0, 0.1) is 0 Å². The Bertz CT molecular complexity index is 1040. The molecule has 2 aromatic carbocycles. The van der Waals surface area contributed by atoms with Gasteiger partial charge in [-0.05, 0) is 47.9 Å². The van der Waals surface area contributed by atoms with E-state index in [1.54, 1.807) is 13.1 Å². The summed E-state index contributed by atoms with van der Waals surface area (Å²) in [4.78, 5) is 27.4. The van der Waals surface area contributed by atoms with E-state index < -0.39 is 0 Å². The molecule has 27 heavy (non-hydrogen) atoms. The number of hydrogen-bond acceptors (Lipinski definition) is 4. The van der Waals surface area contributed by atoms with E-state index in [1.165, 1.54) is 0 Å². The highest BCUT2D eigenvalue weighted by molar-refractivity contribution is 5.99. The molecular weight excluding hydrogens is 338 g/mol. The lowest BCUT2D eigenvalue weighted by Gasteiger charge is -2.10. The summed E-state index contributed by atoms with van der Waals surface area (Å²) >= 11 is 0. The zero-order valence-corrected chi connectivity index (χ0v) is 15.0. The molecule has 0 unspecified atom stereocenters. The molecule has 0 atom stereocenters. The van der Waals surface area contributed by atoms with Crippen LogP contribution in [-0.4, -0.2) is 16.7 Å². The summed E-state index contributed by atoms with van der Waals surface area (Å²) in [5, 5.41) is 6.20. The molecule has 1 aliphatic rings. The van der Waals surface area contributed by atoms with Gasteiger partial charge in [0, 0.05) is 35.8 Å². The first-order valence-corrected chi connectivity index (χ1v) is 8.80. The number of anilines is 2. The van der Waals surface area contributed by atoms with Crippen LogP contribution in [-0.2, 0) is 17.8 Å². The number of ketones is 1. The van der Waals surface area contributed by atoms with Crippen molar-refractivity contribution in [1.82, 2.24) is 4.98 Å². The summed E-state index contributed by atoms with van der Waals surface area (Å²) in [6.45, 7) is 2.18. The van der Waals surface area contributed by atoms with Gasteiger partial charge in [0.2, 0.25) is 5.91 Å². The van der Waals surface area contributed by atoms with E-state index in [2.05, 4.69) is 15.6 Å². The molecule has 0 aliphatic carbocycles. The van der Waals surface area contributed by atoms with Crippen LogP contribution in [0.5, 0.6) is 0 Å². The summed E-state index contributed by atoms with van der Waals surface area (Å²) in [6, 6.07) is 15.6. The smallest absolute Gasteiger partial charge is 0.228 e. The van der Waals surface area contributed by atoms with Gasteiger partial charge in [-0.3, -0.25) is 14.6 Å². The van der Waals surface area contributed by atoms with Gasteiger partial charge in [0.15, 0.2) is 5.78 Å². The number of aromatic nitrogens is 1. The zero-order chi connectivity index (χ0) is 18.8. The van der Waals surface area contributed by atoms with E-state index in [9.17, 15) is 9.59 Å². The normalized spacial score (nSPS) is 12.4. The Kier molecular flexibility index (Phi) is 4.42. The van der Waals surface area contributed by atoms with Crippen molar-refractivity contribution in [3.05, 3.63) is 77.6 Å². The Balaban J connectivity index is 1.52. The topological polar surface area (TPSA) is 71.1 Å². The second-order valence-electron chi connectivity index (χ2n) is 6.67. The largest absolute Gasteiger partial charge is 0.380 e. The first kappa shape index (κ1) is 17.0. The fourth-order valence-electron chi connectivity index (χ4n) is 3.21. The SMILES string of the molecule is CC(=O)c1cccc(CNc2cncc(-c3ccc4c(c3)CC(=O)N4)c2)c1. The molecule has 5 heteroatoms. The zero-order valence-electron chi connectivity index (χ0n) is 15.0. The number of nitrogens with zero attached hydrogens (tertiary/aromatic N) is 1. The van der Waals surface area contributed by atoms with Crippen LogP contribution in [0.1, 0.15) is 28.4 Å². The van der Waals surface area contributed by atoms with Crippen LogP contribution >= 0.6 is 0 Å². The fourth-order valence-corrected chi connectivity index (χ4v) is 3.21. The lowest BCUT2D eigenvalue weighted by atomic mass is 10.0.